The maximum absolute atomic E-state index is 5.10. The van der Waals surface area contributed by atoms with Gasteiger partial charge in [0, 0.05) is 13.2 Å². The van der Waals surface area contributed by atoms with Crippen LogP contribution in [0.1, 0.15) is 44.9 Å². The number of methoxy groups -OCH3 is 1. The molecule has 1 unspecified atom stereocenters. The molecule has 0 saturated carbocycles. The summed E-state index contributed by atoms with van der Waals surface area (Å²) in [5.74, 6) is 0. The number of benzene rings is 1. The Kier molecular flexibility index (Phi) is 5.83. The maximum Gasteiger partial charge on any atom is 0.0502 e. The average Bonchev–Trinajstić information content (AvgIpc) is 2.33. The molecule has 0 amide bonds. The zero-order valence-corrected chi connectivity index (χ0v) is 12.4. The lowest BCUT2D eigenvalue weighted by Crippen LogP contribution is -2.32. The fraction of sp³-hybridized carbons (Fsp3) is 0.625. The summed E-state index contributed by atoms with van der Waals surface area (Å²) in [6.07, 6.45) is 0.984. The van der Waals surface area contributed by atoms with Crippen molar-refractivity contribution in [1.82, 2.24) is 5.32 Å². The molecule has 0 spiro atoms. The van der Waals surface area contributed by atoms with Gasteiger partial charge in [0.2, 0.25) is 0 Å². The predicted octanol–water partition coefficient (Wildman–Crippen LogP) is 3.57. The van der Waals surface area contributed by atoms with Gasteiger partial charge in [-0.05, 0) is 29.5 Å². The van der Waals surface area contributed by atoms with Crippen molar-refractivity contribution in [2.45, 2.75) is 40.2 Å². The molecule has 2 heteroatoms. The number of rotatable bonds is 6. The summed E-state index contributed by atoms with van der Waals surface area (Å²) in [5.41, 5.74) is 2.93. The molecular formula is C16H27NO. The zero-order chi connectivity index (χ0) is 13.6. The molecule has 0 radical (unpaired) electrons. The summed E-state index contributed by atoms with van der Waals surface area (Å²) in [6, 6.07) is 9.31. The number of ether oxygens (including phenoxy) is 1. The van der Waals surface area contributed by atoms with Gasteiger partial charge in [0.1, 0.15) is 0 Å². The van der Waals surface area contributed by atoms with E-state index in [4.69, 9.17) is 4.74 Å². The van der Waals surface area contributed by atoms with E-state index in [-0.39, 0.29) is 5.41 Å². The quantitative estimate of drug-likeness (QED) is 0.832. The van der Waals surface area contributed by atoms with Gasteiger partial charge in [0.05, 0.1) is 6.61 Å². The minimum absolute atomic E-state index is 0.226. The minimum Gasteiger partial charge on any atom is -0.384 e. The van der Waals surface area contributed by atoms with Crippen LogP contribution in [-0.4, -0.2) is 20.3 Å². The van der Waals surface area contributed by atoms with E-state index in [0.29, 0.717) is 6.04 Å². The fourth-order valence-electron chi connectivity index (χ4n) is 2.22. The summed E-state index contributed by atoms with van der Waals surface area (Å²) in [5, 5.41) is 3.58. The van der Waals surface area contributed by atoms with E-state index in [9.17, 15) is 0 Å². The summed E-state index contributed by atoms with van der Waals surface area (Å²) in [7, 11) is 1.75. The Morgan fingerprint density at radius 1 is 1.17 bits per heavy atom. The molecule has 1 rings (SSSR count). The Labute approximate surface area is 112 Å². The molecule has 0 aromatic heterocycles. The number of nitrogens with one attached hydrogen (secondary N) is 1. The molecule has 0 aliphatic heterocycles. The molecule has 1 aromatic carbocycles. The molecular weight excluding hydrogens is 222 g/mol. The Bertz CT molecular complexity index is 337. The highest BCUT2D eigenvalue weighted by molar-refractivity contribution is 5.26. The molecule has 1 aromatic rings. The van der Waals surface area contributed by atoms with Crippen LogP contribution >= 0.6 is 0 Å². The van der Waals surface area contributed by atoms with Gasteiger partial charge >= 0.3 is 0 Å². The van der Waals surface area contributed by atoms with Crippen LogP contribution in [0.5, 0.6) is 0 Å². The van der Waals surface area contributed by atoms with Gasteiger partial charge in [-0.2, -0.15) is 0 Å². The van der Waals surface area contributed by atoms with E-state index in [1.54, 1.807) is 7.11 Å². The van der Waals surface area contributed by atoms with Gasteiger partial charge < -0.3 is 10.1 Å². The Balaban J connectivity index is 2.80. The molecule has 0 heterocycles. The first-order valence-electron chi connectivity index (χ1n) is 6.80. The van der Waals surface area contributed by atoms with Crippen LogP contribution in [0.25, 0.3) is 0 Å². The Hall–Kier alpha value is -0.860. The highest BCUT2D eigenvalue weighted by Crippen LogP contribution is 2.32. The smallest absolute Gasteiger partial charge is 0.0502 e. The number of hydrogen-bond acceptors (Lipinski definition) is 2. The van der Waals surface area contributed by atoms with E-state index in [2.05, 4.69) is 57.3 Å². The minimum atomic E-state index is 0.226. The van der Waals surface area contributed by atoms with Gasteiger partial charge in [-0.25, -0.2) is 0 Å². The summed E-state index contributed by atoms with van der Waals surface area (Å²) >= 11 is 0. The SMILES string of the molecule is CCNC(c1ccc(CCOC)cc1)C(C)(C)C. The van der Waals surface area contributed by atoms with Crippen molar-refractivity contribution in [1.29, 1.82) is 0 Å². The average molecular weight is 249 g/mol. The van der Waals surface area contributed by atoms with Crippen molar-refractivity contribution in [2.24, 2.45) is 5.41 Å². The first-order valence-corrected chi connectivity index (χ1v) is 6.80. The van der Waals surface area contributed by atoms with E-state index in [0.717, 1.165) is 19.6 Å². The largest absolute Gasteiger partial charge is 0.384 e. The maximum atomic E-state index is 5.10. The lowest BCUT2D eigenvalue weighted by molar-refractivity contribution is 0.202. The third-order valence-electron chi connectivity index (χ3n) is 3.18. The van der Waals surface area contributed by atoms with Gasteiger partial charge in [0.25, 0.3) is 0 Å². The molecule has 0 saturated heterocycles. The van der Waals surface area contributed by atoms with Crippen molar-refractivity contribution in [3.05, 3.63) is 35.4 Å². The topological polar surface area (TPSA) is 21.3 Å². The van der Waals surface area contributed by atoms with E-state index >= 15 is 0 Å². The molecule has 18 heavy (non-hydrogen) atoms. The summed E-state index contributed by atoms with van der Waals surface area (Å²) in [4.78, 5) is 0. The van der Waals surface area contributed by atoms with Crippen LogP contribution in [0, 0.1) is 5.41 Å². The summed E-state index contributed by atoms with van der Waals surface area (Å²) in [6.45, 7) is 10.8. The van der Waals surface area contributed by atoms with Gasteiger partial charge in [0.15, 0.2) is 0 Å². The molecule has 1 N–H and O–H groups in total. The lowest BCUT2D eigenvalue weighted by Gasteiger charge is -2.32. The second-order valence-corrected chi connectivity index (χ2v) is 5.84. The van der Waals surface area contributed by atoms with Crippen LogP contribution < -0.4 is 5.32 Å². The molecule has 0 fully saturated rings. The zero-order valence-electron chi connectivity index (χ0n) is 12.4. The van der Waals surface area contributed by atoms with Crippen LogP contribution in [0.2, 0.25) is 0 Å². The highest BCUT2D eigenvalue weighted by atomic mass is 16.5. The van der Waals surface area contributed by atoms with Gasteiger partial charge in [-0.15, -0.1) is 0 Å². The Morgan fingerprint density at radius 2 is 1.78 bits per heavy atom. The first kappa shape index (κ1) is 15.2. The van der Waals surface area contributed by atoms with Crippen molar-refractivity contribution < 1.29 is 4.74 Å². The predicted molar refractivity (Wildman–Crippen MR) is 77.9 cm³/mol. The molecule has 0 aliphatic carbocycles. The third kappa shape index (κ3) is 4.43. The van der Waals surface area contributed by atoms with E-state index in [1.165, 1.54) is 11.1 Å². The van der Waals surface area contributed by atoms with Crippen molar-refractivity contribution in [3.8, 4) is 0 Å². The number of hydrogen-bond donors (Lipinski definition) is 1. The van der Waals surface area contributed by atoms with Gasteiger partial charge in [-0.1, -0.05) is 52.0 Å². The van der Waals surface area contributed by atoms with Crippen LogP contribution in [0.4, 0.5) is 0 Å². The van der Waals surface area contributed by atoms with Crippen LogP contribution in [-0.2, 0) is 11.2 Å². The van der Waals surface area contributed by atoms with Crippen molar-refractivity contribution in [2.75, 3.05) is 20.3 Å². The second-order valence-electron chi connectivity index (χ2n) is 5.84. The fourth-order valence-corrected chi connectivity index (χ4v) is 2.22. The molecule has 102 valence electrons. The molecule has 0 bridgehead atoms. The standard InChI is InChI=1S/C16H27NO/c1-6-17-15(16(2,3)4)14-9-7-13(8-10-14)11-12-18-5/h7-10,15,17H,6,11-12H2,1-5H3. The van der Waals surface area contributed by atoms with Gasteiger partial charge in [-0.3, -0.25) is 0 Å². The van der Waals surface area contributed by atoms with E-state index < -0.39 is 0 Å². The molecule has 1 atom stereocenters. The van der Waals surface area contributed by atoms with E-state index in [1.807, 2.05) is 0 Å². The second kappa shape index (κ2) is 6.91. The van der Waals surface area contributed by atoms with Crippen molar-refractivity contribution in [3.63, 3.8) is 0 Å². The summed E-state index contributed by atoms with van der Waals surface area (Å²) < 4.78 is 5.10. The van der Waals surface area contributed by atoms with Crippen LogP contribution in [0.15, 0.2) is 24.3 Å². The Morgan fingerprint density at radius 3 is 2.22 bits per heavy atom. The van der Waals surface area contributed by atoms with Crippen molar-refractivity contribution >= 4 is 0 Å². The highest BCUT2D eigenvalue weighted by Gasteiger charge is 2.24. The third-order valence-corrected chi connectivity index (χ3v) is 3.18. The molecule has 2 nitrogen and oxygen atoms in total. The molecule has 0 aliphatic rings. The first-order chi connectivity index (χ1) is 8.49. The lowest BCUT2D eigenvalue weighted by atomic mass is 9.82. The van der Waals surface area contributed by atoms with Crippen LogP contribution in [0.3, 0.4) is 0 Å². The normalized spacial score (nSPS) is 13.6. The monoisotopic (exact) mass is 249 g/mol.